The molecular formula is C12H14N4O3. The summed E-state index contributed by atoms with van der Waals surface area (Å²) in [5, 5.41) is 0.845. The summed E-state index contributed by atoms with van der Waals surface area (Å²) in [6.45, 7) is 0.385. The number of benzene rings is 1. The van der Waals surface area contributed by atoms with Gasteiger partial charge >= 0.3 is 6.03 Å². The summed E-state index contributed by atoms with van der Waals surface area (Å²) in [5.41, 5.74) is 5.79. The standard InChI is InChI=1S/C12H14N4O3/c13-12(19)16(14)7-3-6-15-10(17)8-4-1-2-5-9(8)11(15)18/h1-2,4-5H,3,6-7,14H2,(H2,13,19). The second-order valence-corrected chi connectivity index (χ2v) is 4.19. The first-order valence-corrected chi connectivity index (χ1v) is 5.79. The first-order chi connectivity index (χ1) is 9.02. The molecule has 100 valence electrons. The van der Waals surface area contributed by atoms with Crippen molar-refractivity contribution in [2.75, 3.05) is 13.1 Å². The molecule has 0 radical (unpaired) electrons. The zero-order valence-corrected chi connectivity index (χ0v) is 10.2. The van der Waals surface area contributed by atoms with E-state index in [0.29, 0.717) is 17.5 Å². The molecule has 0 atom stereocenters. The van der Waals surface area contributed by atoms with Gasteiger partial charge in [-0.3, -0.25) is 19.5 Å². The highest BCUT2D eigenvalue weighted by molar-refractivity contribution is 6.21. The molecule has 0 aromatic heterocycles. The third-order valence-corrected chi connectivity index (χ3v) is 2.94. The Bertz CT molecular complexity index is 509. The lowest BCUT2D eigenvalue weighted by Crippen LogP contribution is -2.43. The van der Waals surface area contributed by atoms with E-state index < -0.39 is 6.03 Å². The predicted molar refractivity (Wildman–Crippen MR) is 66.9 cm³/mol. The number of carbonyl (C=O) groups is 3. The number of amides is 4. The van der Waals surface area contributed by atoms with Crippen LogP contribution in [0.15, 0.2) is 24.3 Å². The summed E-state index contributed by atoms with van der Waals surface area (Å²) in [6.07, 6.45) is 0.380. The van der Waals surface area contributed by atoms with Gasteiger partial charge in [-0.25, -0.2) is 10.6 Å². The molecule has 4 N–H and O–H groups in total. The van der Waals surface area contributed by atoms with Crippen LogP contribution in [-0.4, -0.2) is 40.8 Å². The van der Waals surface area contributed by atoms with Gasteiger partial charge in [0, 0.05) is 13.1 Å². The molecule has 1 aromatic carbocycles. The van der Waals surface area contributed by atoms with E-state index in [2.05, 4.69) is 0 Å². The van der Waals surface area contributed by atoms with E-state index >= 15 is 0 Å². The zero-order chi connectivity index (χ0) is 14.0. The van der Waals surface area contributed by atoms with Gasteiger partial charge in [-0.2, -0.15) is 0 Å². The number of nitrogens with two attached hydrogens (primary N) is 2. The van der Waals surface area contributed by atoms with Crippen LogP contribution in [0.4, 0.5) is 4.79 Å². The van der Waals surface area contributed by atoms with Crippen LogP contribution in [0.5, 0.6) is 0 Å². The Balaban J connectivity index is 1.99. The maximum atomic E-state index is 12.0. The van der Waals surface area contributed by atoms with E-state index in [1.54, 1.807) is 24.3 Å². The normalized spacial score (nSPS) is 13.6. The molecule has 0 bridgehead atoms. The lowest BCUT2D eigenvalue weighted by molar-refractivity contribution is 0.0649. The maximum Gasteiger partial charge on any atom is 0.328 e. The second kappa shape index (κ2) is 5.07. The van der Waals surface area contributed by atoms with Crippen LogP contribution in [-0.2, 0) is 0 Å². The SMILES string of the molecule is NC(=O)N(N)CCCN1C(=O)c2ccccc2C1=O. The molecule has 1 aliphatic rings. The highest BCUT2D eigenvalue weighted by Crippen LogP contribution is 2.22. The van der Waals surface area contributed by atoms with Crippen LogP contribution in [0, 0.1) is 0 Å². The van der Waals surface area contributed by atoms with Crippen molar-refractivity contribution in [1.29, 1.82) is 0 Å². The number of urea groups is 1. The molecule has 7 nitrogen and oxygen atoms in total. The monoisotopic (exact) mass is 262 g/mol. The highest BCUT2D eigenvalue weighted by Gasteiger charge is 2.34. The molecule has 1 heterocycles. The molecule has 0 saturated heterocycles. The van der Waals surface area contributed by atoms with Gasteiger partial charge in [-0.1, -0.05) is 12.1 Å². The van der Waals surface area contributed by atoms with Gasteiger partial charge in [0.2, 0.25) is 0 Å². The Hall–Kier alpha value is -2.41. The predicted octanol–water partition coefficient (Wildman–Crippen LogP) is -0.0729. The summed E-state index contributed by atoms with van der Waals surface area (Å²) in [5.74, 6) is 4.69. The minimum Gasteiger partial charge on any atom is -0.350 e. The van der Waals surface area contributed by atoms with E-state index in [0.717, 1.165) is 9.91 Å². The molecular weight excluding hydrogens is 248 g/mol. The van der Waals surface area contributed by atoms with Crippen molar-refractivity contribution < 1.29 is 14.4 Å². The van der Waals surface area contributed by atoms with Gasteiger partial charge in [0.25, 0.3) is 11.8 Å². The average molecular weight is 262 g/mol. The fraction of sp³-hybridized carbons (Fsp3) is 0.250. The molecule has 1 aliphatic heterocycles. The van der Waals surface area contributed by atoms with Crippen LogP contribution in [0.2, 0.25) is 0 Å². The van der Waals surface area contributed by atoms with Crippen molar-refractivity contribution in [1.82, 2.24) is 9.91 Å². The van der Waals surface area contributed by atoms with Crippen LogP contribution in [0.3, 0.4) is 0 Å². The summed E-state index contributed by atoms with van der Waals surface area (Å²) in [4.78, 5) is 35.8. The third kappa shape index (κ3) is 2.41. The number of imide groups is 1. The Morgan fingerprint density at radius 3 is 2.16 bits per heavy atom. The molecule has 0 spiro atoms. The fourth-order valence-electron chi connectivity index (χ4n) is 1.95. The van der Waals surface area contributed by atoms with Crippen molar-refractivity contribution in [3.05, 3.63) is 35.4 Å². The van der Waals surface area contributed by atoms with Crippen molar-refractivity contribution >= 4 is 17.8 Å². The van der Waals surface area contributed by atoms with E-state index in [9.17, 15) is 14.4 Å². The molecule has 0 saturated carbocycles. The van der Waals surface area contributed by atoms with Crippen LogP contribution in [0.1, 0.15) is 27.1 Å². The molecule has 0 unspecified atom stereocenters. The number of rotatable bonds is 4. The van der Waals surface area contributed by atoms with Crippen LogP contribution < -0.4 is 11.6 Å². The molecule has 2 rings (SSSR count). The summed E-state index contributed by atoms with van der Waals surface area (Å²) >= 11 is 0. The van der Waals surface area contributed by atoms with Crippen molar-refractivity contribution in [2.45, 2.75) is 6.42 Å². The number of fused-ring (bicyclic) bond motifs is 1. The second-order valence-electron chi connectivity index (χ2n) is 4.19. The number of carbonyl (C=O) groups excluding carboxylic acids is 3. The van der Waals surface area contributed by atoms with Gasteiger partial charge < -0.3 is 5.73 Å². The highest BCUT2D eigenvalue weighted by atomic mass is 16.2. The smallest absolute Gasteiger partial charge is 0.328 e. The first-order valence-electron chi connectivity index (χ1n) is 5.79. The molecule has 7 heteroatoms. The first kappa shape index (κ1) is 13.0. The minimum atomic E-state index is -0.748. The van der Waals surface area contributed by atoms with Crippen LogP contribution in [0.25, 0.3) is 0 Å². The quantitative estimate of drug-likeness (QED) is 0.342. The van der Waals surface area contributed by atoms with Crippen molar-refractivity contribution in [2.24, 2.45) is 11.6 Å². The lowest BCUT2D eigenvalue weighted by atomic mass is 10.1. The minimum absolute atomic E-state index is 0.183. The maximum absolute atomic E-state index is 12.0. The Morgan fingerprint density at radius 1 is 1.16 bits per heavy atom. The van der Waals surface area contributed by atoms with E-state index in [1.165, 1.54) is 0 Å². The Kier molecular flexibility index (Phi) is 3.48. The number of hydrogen-bond acceptors (Lipinski definition) is 4. The molecule has 0 fully saturated rings. The molecule has 19 heavy (non-hydrogen) atoms. The van der Waals surface area contributed by atoms with Crippen molar-refractivity contribution in [3.63, 3.8) is 0 Å². The van der Waals surface area contributed by atoms with Gasteiger partial charge in [-0.15, -0.1) is 0 Å². The van der Waals surface area contributed by atoms with Crippen molar-refractivity contribution in [3.8, 4) is 0 Å². The Labute approximate surface area is 109 Å². The number of nitrogens with zero attached hydrogens (tertiary/aromatic N) is 2. The van der Waals surface area contributed by atoms with Gasteiger partial charge in [-0.05, 0) is 18.6 Å². The third-order valence-electron chi connectivity index (χ3n) is 2.94. The Morgan fingerprint density at radius 2 is 1.68 bits per heavy atom. The zero-order valence-electron chi connectivity index (χ0n) is 10.2. The van der Waals surface area contributed by atoms with E-state index in [1.807, 2.05) is 0 Å². The lowest BCUT2D eigenvalue weighted by Gasteiger charge is -2.17. The molecule has 0 aliphatic carbocycles. The largest absolute Gasteiger partial charge is 0.350 e. The van der Waals surface area contributed by atoms with Gasteiger partial charge in [0.05, 0.1) is 11.1 Å². The van der Waals surface area contributed by atoms with E-state index in [-0.39, 0.29) is 24.9 Å². The number of hydrogen-bond donors (Lipinski definition) is 2. The molecule has 4 amide bonds. The van der Waals surface area contributed by atoms with Crippen LogP contribution >= 0.6 is 0 Å². The topological polar surface area (TPSA) is 110 Å². The molecule has 1 aromatic rings. The number of primary amides is 1. The summed E-state index contributed by atoms with van der Waals surface area (Å²) in [7, 11) is 0. The number of hydrazine groups is 1. The van der Waals surface area contributed by atoms with E-state index in [4.69, 9.17) is 11.6 Å². The average Bonchev–Trinajstić information content (AvgIpc) is 2.64. The van der Waals surface area contributed by atoms with Gasteiger partial charge in [0.1, 0.15) is 0 Å². The summed E-state index contributed by atoms with van der Waals surface area (Å²) in [6, 6.07) is 5.91. The summed E-state index contributed by atoms with van der Waals surface area (Å²) < 4.78 is 0. The van der Waals surface area contributed by atoms with Gasteiger partial charge in [0.15, 0.2) is 0 Å². The fourth-order valence-corrected chi connectivity index (χ4v) is 1.95.